The molecule has 0 aromatic heterocycles. The number of carbonyl (C=O) groups is 1. The topological polar surface area (TPSA) is 57.3 Å². The average Bonchev–Trinajstić information content (AvgIpc) is 2.82. The Kier molecular flexibility index (Phi) is 8.41. The number of ether oxygens (including phenoxy) is 2. The minimum absolute atomic E-state index is 0.0287. The maximum atomic E-state index is 12.5. The first-order chi connectivity index (χ1) is 15.1. The van der Waals surface area contributed by atoms with Crippen molar-refractivity contribution >= 4 is 11.7 Å². The normalized spacial score (nSPS) is 14.2. The fourth-order valence-electron chi connectivity index (χ4n) is 3.79. The van der Waals surface area contributed by atoms with E-state index in [2.05, 4.69) is 34.3 Å². The van der Waals surface area contributed by atoms with Gasteiger partial charge in [0, 0.05) is 64.1 Å². The molecule has 0 radical (unpaired) electrons. The van der Waals surface area contributed by atoms with Crippen LogP contribution >= 0.6 is 0 Å². The maximum Gasteiger partial charge on any atom is 0.317 e. The van der Waals surface area contributed by atoms with E-state index >= 15 is 0 Å². The smallest absolute Gasteiger partial charge is 0.317 e. The molecule has 0 atom stereocenters. The number of hydrogen-bond acceptors (Lipinski definition) is 5. The van der Waals surface area contributed by atoms with Gasteiger partial charge in [-0.25, -0.2) is 4.79 Å². The number of nitrogens with one attached hydrogen (secondary N) is 1. The Bertz CT molecular complexity index is 823. The van der Waals surface area contributed by atoms with Crippen molar-refractivity contribution in [3.63, 3.8) is 0 Å². The molecular weight excluding hydrogens is 392 g/mol. The number of amides is 2. The van der Waals surface area contributed by atoms with Crippen LogP contribution in [0.2, 0.25) is 0 Å². The van der Waals surface area contributed by atoms with E-state index < -0.39 is 0 Å². The molecule has 7 nitrogen and oxygen atoms in total. The van der Waals surface area contributed by atoms with Crippen LogP contribution in [-0.4, -0.2) is 76.4 Å². The van der Waals surface area contributed by atoms with Crippen molar-refractivity contribution in [2.75, 3.05) is 65.4 Å². The first-order valence-corrected chi connectivity index (χ1v) is 10.8. The Morgan fingerprint density at radius 3 is 2.45 bits per heavy atom. The summed E-state index contributed by atoms with van der Waals surface area (Å²) in [5.74, 6) is 1.69. The molecule has 1 N–H and O–H groups in total. The van der Waals surface area contributed by atoms with Gasteiger partial charge in [-0.05, 0) is 36.8 Å². The lowest BCUT2D eigenvalue weighted by molar-refractivity contribution is 0.134. The van der Waals surface area contributed by atoms with E-state index in [0.717, 1.165) is 62.8 Å². The van der Waals surface area contributed by atoms with Crippen LogP contribution in [0, 0.1) is 0 Å². The fraction of sp³-hybridized carbons (Fsp3) is 0.458. The highest BCUT2D eigenvalue weighted by atomic mass is 16.5. The summed E-state index contributed by atoms with van der Waals surface area (Å²) in [5, 5.41) is 3.06. The van der Waals surface area contributed by atoms with E-state index in [0.29, 0.717) is 6.54 Å². The molecule has 7 heteroatoms. The van der Waals surface area contributed by atoms with Gasteiger partial charge in [-0.15, -0.1) is 0 Å². The molecule has 1 saturated heterocycles. The molecule has 2 amide bonds. The molecule has 168 valence electrons. The molecule has 2 aromatic rings. The standard InChI is InChI=1S/C24H34N4O3/c1-26(21-8-5-4-6-9-21)13-7-12-25-24(29)28-16-14-27(15-17-28)19-20-18-22(30-2)10-11-23(20)31-3/h4-6,8-11,18H,7,12-17,19H2,1-3H3,(H,25,29). The molecule has 3 rings (SSSR count). The van der Waals surface area contributed by atoms with Crippen LogP contribution in [0.25, 0.3) is 0 Å². The van der Waals surface area contributed by atoms with Gasteiger partial charge in [0.15, 0.2) is 0 Å². The first-order valence-electron chi connectivity index (χ1n) is 10.8. The summed E-state index contributed by atoms with van der Waals surface area (Å²) in [6.07, 6.45) is 0.909. The summed E-state index contributed by atoms with van der Waals surface area (Å²) in [5.41, 5.74) is 2.29. The number of anilines is 1. The summed E-state index contributed by atoms with van der Waals surface area (Å²) < 4.78 is 10.8. The Hall–Kier alpha value is -2.93. The molecule has 31 heavy (non-hydrogen) atoms. The van der Waals surface area contributed by atoms with Crippen LogP contribution in [0.4, 0.5) is 10.5 Å². The van der Waals surface area contributed by atoms with Crippen molar-refractivity contribution in [2.24, 2.45) is 0 Å². The van der Waals surface area contributed by atoms with Crippen molar-refractivity contribution < 1.29 is 14.3 Å². The third-order valence-corrected chi connectivity index (χ3v) is 5.68. The molecule has 1 aliphatic rings. The van der Waals surface area contributed by atoms with Gasteiger partial charge in [0.1, 0.15) is 11.5 Å². The number of carbonyl (C=O) groups excluding carboxylic acids is 1. The van der Waals surface area contributed by atoms with Crippen molar-refractivity contribution in [3.05, 3.63) is 54.1 Å². The van der Waals surface area contributed by atoms with Crippen LogP contribution in [0.15, 0.2) is 48.5 Å². The van der Waals surface area contributed by atoms with Crippen LogP contribution < -0.4 is 19.7 Å². The maximum absolute atomic E-state index is 12.5. The highest BCUT2D eigenvalue weighted by Gasteiger charge is 2.21. The zero-order valence-electron chi connectivity index (χ0n) is 18.8. The summed E-state index contributed by atoms with van der Waals surface area (Å²) in [7, 11) is 5.43. The molecule has 0 spiro atoms. The third-order valence-electron chi connectivity index (χ3n) is 5.68. The summed E-state index contributed by atoms with van der Waals surface area (Å²) >= 11 is 0. The lowest BCUT2D eigenvalue weighted by atomic mass is 10.1. The van der Waals surface area contributed by atoms with Gasteiger partial charge in [-0.2, -0.15) is 0 Å². The van der Waals surface area contributed by atoms with Gasteiger partial charge in [-0.3, -0.25) is 4.90 Å². The third kappa shape index (κ3) is 6.52. The van der Waals surface area contributed by atoms with Gasteiger partial charge in [0.2, 0.25) is 0 Å². The fourth-order valence-corrected chi connectivity index (χ4v) is 3.79. The minimum Gasteiger partial charge on any atom is -0.497 e. The van der Waals surface area contributed by atoms with E-state index in [1.54, 1.807) is 14.2 Å². The van der Waals surface area contributed by atoms with Crippen LogP contribution in [0.1, 0.15) is 12.0 Å². The number of piperazine rings is 1. The zero-order chi connectivity index (χ0) is 22.1. The number of para-hydroxylation sites is 1. The Labute approximate surface area is 185 Å². The summed E-state index contributed by atoms with van der Waals surface area (Å²) in [6.45, 7) is 5.48. The number of hydrogen-bond donors (Lipinski definition) is 1. The van der Waals surface area contributed by atoms with E-state index in [4.69, 9.17) is 9.47 Å². The monoisotopic (exact) mass is 426 g/mol. The van der Waals surface area contributed by atoms with E-state index in [1.165, 1.54) is 5.69 Å². The van der Waals surface area contributed by atoms with Crippen molar-refractivity contribution in [3.8, 4) is 11.5 Å². The van der Waals surface area contributed by atoms with Gasteiger partial charge in [0.05, 0.1) is 14.2 Å². The highest BCUT2D eigenvalue weighted by molar-refractivity contribution is 5.74. The highest BCUT2D eigenvalue weighted by Crippen LogP contribution is 2.25. The van der Waals surface area contributed by atoms with Crippen LogP contribution in [-0.2, 0) is 6.54 Å². The van der Waals surface area contributed by atoms with Gasteiger partial charge in [-0.1, -0.05) is 18.2 Å². The molecule has 0 saturated carbocycles. The lowest BCUT2D eigenvalue weighted by Gasteiger charge is -2.35. The average molecular weight is 427 g/mol. The molecule has 2 aromatic carbocycles. The van der Waals surface area contributed by atoms with E-state index in [-0.39, 0.29) is 6.03 Å². The van der Waals surface area contributed by atoms with Crippen molar-refractivity contribution in [2.45, 2.75) is 13.0 Å². The second-order valence-corrected chi connectivity index (χ2v) is 7.78. The first kappa shape index (κ1) is 22.7. The van der Waals surface area contributed by atoms with Gasteiger partial charge < -0.3 is 24.6 Å². The SMILES string of the molecule is COc1ccc(OC)c(CN2CCN(C(=O)NCCCN(C)c3ccccc3)CC2)c1. The largest absolute Gasteiger partial charge is 0.497 e. The summed E-state index contributed by atoms with van der Waals surface area (Å²) in [4.78, 5) is 19.0. The molecule has 1 aliphatic heterocycles. The predicted molar refractivity (Wildman–Crippen MR) is 124 cm³/mol. The zero-order valence-corrected chi connectivity index (χ0v) is 18.8. The van der Waals surface area contributed by atoms with Crippen molar-refractivity contribution in [1.82, 2.24) is 15.1 Å². The molecular formula is C24H34N4O3. The predicted octanol–water partition coefficient (Wildman–Crippen LogP) is 3.06. The number of urea groups is 1. The molecule has 1 heterocycles. The van der Waals surface area contributed by atoms with Crippen LogP contribution in [0.3, 0.4) is 0 Å². The quantitative estimate of drug-likeness (QED) is 0.625. The van der Waals surface area contributed by atoms with Crippen LogP contribution in [0.5, 0.6) is 11.5 Å². The minimum atomic E-state index is 0.0287. The molecule has 0 bridgehead atoms. The number of methoxy groups -OCH3 is 2. The van der Waals surface area contributed by atoms with Crippen molar-refractivity contribution in [1.29, 1.82) is 0 Å². The molecule has 0 aliphatic carbocycles. The molecule has 1 fully saturated rings. The molecule has 0 unspecified atom stereocenters. The number of benzene rings is 2. The Morgan fingerprint density at radius 1 is 1.03 bits per heavy atom. The van der Waals surface area contributed by atoms with Gasteiger partial charge in [0.25, 0.3) is 0 Å². The number of rotatable bonds is 9. The summed E-state index contributed by atoms with van der Waals surface area (Å²) in [6, 6.07) is 16.2. The Morgan fingerprint density at radius 2 is 1.77 bits per heavy atom. The second-order valence-electron chi connectivity index (χ2n) is 7.78. The Balaban J connectivity index is 1.38. The lowest BCUT2D eigenvalue weighted by Crippen LogP contribution is -2.51. The second kappa shape index (κ2) is 11.5. The van der Waals surface area contributed by atoms with Gasteiger partial charge >= 0.3 is 6.03 Å². The van der Waals surface area contributed by atoms with E-state index in [1.807, 2.05) is 41.3 Å². The van der Waals surface area contributed by atoms with E-state index in [9.17, 15) is 4.79 Å². The number of nitrogens with zero attached hydrogens (tertiary/aromatic N) is 3.